The van der Waals surface area contributed by atoms with E-state index in [0.717, 1.165) is 0 Å². The van der Waals surface area contributed by atoms with Gasteiger partial charge in [0.2, 0.25) is 0 Å². The van der Waals surface area contributed by atoms with Crippen molar-refractivity contribution in [2.75, 3.05) is 132 Å². The molecule has 0 saturated carbocycles. The van der Waals surface area contributed by atoms with Gasteiger partial charge in [-0.1, -0.05) is 112 Å². The lowest BCUT2D eigenvalue weighted by molar-refractivity contribution is -0.171. The van der Waals surface area contributed by atoms with Crippen LogP contribution in [0.5, 0.6) is 0 Å². The smallest absolute Gasteiger partial charge is 0.335 e. The Morgan fingerprint density at radius 2 is 0.377 bits per heavy atom. The topological polar surface area (TPSA) is 222 Å². The van der Waals surface area contributed by atoms with Gasteiger partial charge < -0.3 is 61.6 Å². The SMILES string of the molecule is C=C(C)COCC(=C)C(=O)OCC(COCC(COC(=O)C(=C)COCC(=C)C)(COC(=O)C(=C)COCC(=C)C)COC(=O)C(=C)COCC(=C)C)(COC(=O)C(=C)COCC(=C)C)COC(=O)C(=C)COCC(=C)C. The van der Waals surface area contributed by atoms with Crippen LogP contribution in [-0.2, 0) is 90.3 Å². The van der Waals surface area contributed by atoms with Crippen molar-refractivity contribution in [1.82, 2.24) is 0 Å². The summed E-state index contributed by atoms with van der Waals surface area (Å²) in [7, 11) is 0. The summed E-state index contributed by atoms with van der Waals surface area (Å²) >= 11 is 0. The number of hydrogen-bond acceptors (Lipinski definition) is 19. The minimum Gasteiger partial charge on any atom is -0.461 e. The first-order valence-electron chi connectivity index (χ1n) is 24.0. The fraction of sp³-hybridized carbons (Fsp3) is 0.483. The van der Waals surface area contributed by atoms with E-state index >= 15 is 0 Å². The number of rotatable bonds is 46. The number of esters is 6. The summed E-state index contributed by atoms with van der Waals surface area (Å²) in [5, 5.41) is 0. The normalized spacial score (nSPS) is 11.0. The summed E-state index contributed by atoms with van der Waals surface area (Å²) in [4.78, 5) is 80.9. The Bertz CT molecular complexity index is 1820. The Morgan fingerprint density at radius 3 is 0.506 bits per heavy atom. The Labute approximate surface area is 455 Å². The number of hydrogen-bond donors (Lipinski definition) is 0. The second-order valence-electron chi connectivity index (χ2n) is 19.3. The van der Waals surface area contributed by atoms with Crippen LogP contribution in [0.25, 0.3) is 0 Å². The predicted molar refractivity (Wildman–Crippen MR) is 290 cm³/mol. The first kappa shape index (κ1) is 70.4. The summed E-state index contributed by atoms with van der Waals surface area (Å²) in [6.07, 6.45) is 0. The van der Waals surface area contributed by atoms with Gasteiger partial charge in [-0.15, -0.1) is 0 Å². The van der Waals surface area contributed by atoms with E-state index in [1.54, 1.807) is 41.5 Å². The maximum absolute atomic E-state index is 13.5. The summed E-state index contributed by atoms with van der Waals surface area (Å²) in [6.45, 7) is 49.3. The molecular weight excluding hydrogens is 1000 g/mol. The van der Waals surface area contributed by atoms with Gasteiger partial charge in [0.25, 0.3) is 0 Å². The van der Waals surface area contributed by atoms with E-state index in [-0.39, 0.29) is 113 Å². The van der Waals surface area contributed by atoms with Crippen molar-refractivity contribution >= 4 is 35.8 Å². The highest BCUT2D eigenvalue weighted by Gasteiger charge is 2.42. The van der Waals surface area contributed by atoms with Crippen LogP contribution < -0.4 is 0 Å². The monoisotopic (exact) mass is 1080 g/mol. The molecule has 0 aliphatic carbocycles. The van der Waals surface area contributed by atoms with Crippen LogP contribution in [0.1, 0.15) is 41.5 Å². The molecule has 0 atom stereocenters. The predicted octanol–water partition coefficient (Wildman–Crippen LogP) is 7.13. The van der Waals surface area contributed by atoms with Crippen molar-refractivity contribution < 1.29 is 90.3 Å². The molecule has 19 heteroatoms. The molecule has 0 saturated heterocycles. The molecule has 0 N–H and O–H groups in total. The molecule has 0 fully saturated rings. The van der Waals surface area contributed by atoms with Gasteiger partial charge in [-0.05, 0) is 41.5 Å². The van der Waals surface area contributed by atoms with Crippen molar-refractivity contribution in [1.29, 1.82) is 0 Å². The van der Waals surface area contributed by atoms with Crippen molar-refractivity contribution in [3.05, 3.63) is 146 Å². The number of carbonyl (C=O) groups excluding carboxylic acids is 6. The van der Waals surface area contributed by atoms with Crippen LogP contribution in [0.15, 0.2) is 146 Å². The molecule has 0 aromatic rings. The highest BCUT2D eigenvalue weighted by atomic mass is 16.6. The lowest BCUT2D eigenvalue weighted by Crippen LogP contribution is -2.47. The standard InChI is InChI=1S/C58H82O19/c1-39(2)19-65-25-45(13)51(59)72-33-57(34-73-52(60)46(14)26-66-20-40(3)4,35-74-53(61)47(15)27-67-21-41(5)6)31-71-32-58(36-75-54(62)48(16)28-68-22-42(7)8,37-76-55(63)49(17)29-69-23-43(9)10)38-77-56(64)50(18)30-70-24-44(11)12/h1,3,5,7,9,11,13-38H2,2,4,6,8,10,12H3. The minimum atomic E-state index is -1.81. The summed E-state index contributed by atoms with van der Waals surface area (Å²) in [5.41, 5.74) is -0.279. The van der Waals surface area contributed by atoms with Crippen LogP contribution in [0.4, 0.5) is 0 Å². The maximum atomic E-state index is 13.5. The molecule has 0 radical (unpaired) electrons. The van der Waals surface area contributed by atoms with Crippen LogP contribution >= 0.6 is 0 Å². The van der Waals surface area contributed by atoms with E-state index in [0.29, 0.717) is 33.4 Å². The summed E-state index contributed by atoms with van der Waals surface area (Å²) in [5.74, 6) is -5.69. The molecule has 19 nitrogen and oxygen atoms in total. The zero-order valence-corrected chi connectivity index (χ0v) is 46.4. The van der Waals surface area contributed by atoms with Crippen LogP contribution in [0.2, 0.25) is 0 Å². The van der Waals surface area contributed by atoms with Crippen LogP contribution in [0.3, 0.4) is 0 Å². The van der Waals surface area contributed by atoms with Crippen molar-refractivity contribution in [2.45, 2.75) is 41.5 Å². The molecule has 0 aromatic carbocycles. The lowest BCUT2D eigenvalue weighted by Gasteiger charge is -2.36. The third-order valence-corrected chi connectivity index (χ3v) is 9.35. The molecule has 0 unspecified atom stereocenters. The van der Waals surface area contributed by atoms with Crippen molar-refractivity contribution in [3.8, 4) is 0 Å². The molecule has 0 aromatic heterocycles. The third-order valence-electron chi connectivity index (χ3n) is 9.35. The van der Waals surface area contributed by atoms with Crippen molar-refractivity contribution in [3.63, 3.8) is 0 Å². The third kappa shape index (κ3) is 33.2. The Morgan fingerprint density at radius 1 is 0.234 bits per heavy atom. The van der Waals surface area contributed by atoms with E-state index in [1.165, 1.54) is 0 Å². The average molecular weight is 1080 g/mol. The number of carbonyl (C=O) groups is 6. The molecule has 0 rings (SSSR count). The van der Waals surface area contributed by atoms with Crippen molar-refractivity contribution in [2.24, 2.45) is 10.8 Å². The largest absolute Gasteiger partial charge is 0.461 e. The molecule has 77 heavy (non-hydrogen) atoms. The zero-order valence-electron chi connectivity index (χ0n) is 46.4. The van der Waals surface area contributed by atoms with E-state index in [2.05, 4.69) is 78.9 Å². The van der Waals surface area contributed by atoms with Crippen LogP contribution in [0, 0.1) is 10.8 Å². The first-order chi connectivity index (χ1) is 36.0. The number of ether oxygens (including phenoxy) is 13. The van der Waals surface area contributed by atoms with Gasteiger partial charge in [-0.25, -0.2) is 28.8 Å². The second-order valence-corrected chi connectivity index (χ2v) is 19.3. The molecule has 428 valence electrons. The minimum absolute atomic E-state index is 0.113. The fourth-order valence-corrected chi connectivity index (χ4v) is 5.35. The van der Waals surface area contributed by atoms with E-state index in [4.69, 9.17) is 61.6 Å². The Balaban J connectivity index is 7.69. The zero-order chi connectivity index (χ0) is 58.7. The quantitative estimate of drug-likeness (QED) is 0.0256. The molecule has 0 aliphatic heterocycles. The molecule has 0 amide bonds. The van der Waals surface area contributed by atoms with Gasteiger partial charge >= 0.3 is 35.8 Å². The summed E-state index contributed by atoms with van der Waals surface area (Å²) < 4.78 is 73.7. The van der Waals surface area contributed by atoms with E-state index < -0.39 is 99.5 Å². The molecule has 0 spiro atoms. The van der Waals surface area contributed by atoms with Gasteiger partial charge in [-0.2, -0.15) is 0 Å². The lowest BCUT2D eigenvalue weighted by atomic mass is 9.90. The molecule has 0 bridgehead atoms. The molecule has 0 heterocycles. The fourth-order valence-electron chi connectivity index (χ4n) is 5.35. The van der Waals surface area contributed by atoms with E-state index in [1.807, 2.05) is 0 Å². The Kier molecular flexibility index (Phi) is 34.8. The maximum Gasteiger partial charge on any atom is 0.335 e. The first-order valence-corrected chi connectivity index (χ1v) is 24.0. The van der Waals surface area contributed by atoms with Gasteiger partial charge in [0.15, 0.2) is 0 Å². The van der Waals surface area contributed by atoms with Gasteiger partial charge in [0.05, 0.1) is 137 Å². The highest BCUT2D eigenvalue weighted by molar-refractivity contribution is 5.90. The highest BCUT2D eigenvalue weighted by Crippen LogP contribution is 2.28. The van der Waals surface area contributed by atoms with Gasteiger partial charge in [0, 0.05) is 0 Å². The Hall–Kier alpha value is -6.58. The summed E-state index contributed by atoms with van der Waals surface area (Å²) in [6, 6.07) is 0. The molecule has 0 aliphatic rings. The van der Waals surface area contributed by atoms with E-state index in [9.17, 15) is 28.8 Å². The average Bonchev–Trinajstić information content (AvgIpc) is 3.35. The van der Waals surface area contributed by atoms with Gasteiger partial charge in [0.1, 0.15) is 39.6 Å². The molecular formula is C58H82O19. The van der Waals surface area contributed by atoms with Gasteiger partial charge in [-0.3, -0.25) is 0 Å². The van der Waals surface area contributed by atoms with Crippen LogP contribution in [-0.4, -0.2) is 168 Å². The second kappa shape index (κ2) is 38.0.